The fourth-order valence-electron chi connectivity index (χ4n) is 2.26. The summed E-state index contributed by atoms with van der Waals surface area (Å²) in [6.45, 7) is 1.96. The number of rotatable bonds is 6. The quantitative estimate of drug-likeness (QED) is 0.653. The summed E-state index contributed by atoms with van der Waals surface area (Å²) in [7, 11) is 1.59. The van der Waals surface area contributed by atoms with Crippen LogP contribution in [0.25, 0.3) is 0 Å². The first-order valence-electron chi connectivity index (χ1n) is 7.24. The van der Waals surface area contributed by atoms with Crippen molar-refractivity contribution in [2.45, 2.75) is 19.4 Å². The molecule has 1 N–H and O–H groups in total. The lowest BCUT2D eigenvalue weighted by molar-refractivity contribution is -0.384. The molecule has 2 aromatic rings. The monoisotopic (exact) mass is 314 g/mol. The number of hydrogen-bond donors (Lipinski definition) is 1. The highest BCUT2D eigenvalue weighted by Gasteiger charge is 2.16. The molecular formula is C17H18N2O4. The number of hydrogen-bond acceptors (Lipinski definition) is 4. The van der Waals surface area contributed by atoms with Crippen molar-refractivity contribution in [2.24, 2.45) is 0 Å². The molecule has 120 valence electrons. The zero-order chi connectivity index (χ0) is 16.8. The molecule has 0 unspecified atom stereocenters. The van der Waals surface area contributed by atoms with Crippen molar-refractivity contribution >= 4 is 11.6 Å². The summed E-state index contributed by atoms with van der Waals surface area (Å²) in [6.07, 6.45) is 0.701. The maximum absolute atomic E-state index is 12.3. The topological polar surface area (TPSA) is 81.5 Å². The van der Waals surface area contributed by atoms with Crippen molar-refractivity contribution in [2.75, 3.05) is 7.11 Å². The molecule has 6 nitrogen and oxygen atoms in total. The van der Waals surface area contributed by atoms with E-state index in [0.29, 0.717) is 6.42 Å². The van der Waals surface area contributed by atoms with Crippen LogP contribution < -0.4 is 10.1 Å². The van der Waals surface area contributed by atoms with E-state index in [9.17, 15) is 14.9 Å². The van der Waals surface area contributed by atoms with Crippen LogP contribution in [0.4, 0.5) is 5.69 Å². The van der Waals surface area contributed by atoms with Crippen molar-refractivity contribution in [3.05, 3.63) is 69.8 Å². The van der Waals surface area contributed by atoms with Crippen molar-refractivity contribution in [3.63, 3.8) is 0 Å². The molecule has 1 atom stereocenters. The van der Waals surface area contributed by atoms with Crippen LogP contribution in [-0.2, 0) is 0 Å². The predicted molar refractivity (Wildman–Crippen MR) is 86.6 cm³/mol. The number of nitro groups is 1. The first-order chi connectivity index (χ1) is 11.0. The van der Waals surface area contributed by atoms with Gasteiger partial charge in [-0.2, -0.15) is 0 Å². The third-order valence-electron chi connectivity index (χ3n) is 3.55. The number of non-ortho nitro benzene ring substituents is 1. The van der Waals surface area contributed by atoms with Gasteiger partial charge < -0.3 is 10.1 Å². The van der Waals surface area contributed by atoms with Gasteiger partial charge in [0, 0.05) is 17.7 Å². The van der Waals surface area contributed by atoms with E-state index in [-0.39, 0.29) is 23.2 Å². The third-order valence-corrected chi connectivity index (χ3v) is 3.55. The average molecular weight is 314 g/mol. The van der Waals surface area contributed by atoms with Crippen LogP contribution in [0.3, 0.4) is 0 Å². The van der Waals surface area contributed by atoms with Crippen LogP contribution in [-0.4, -0.2) is 17.9 Å². The van der Waals surface area contributed by atoms with Crippen LogP contribution >= 0.6 is 0 Å². The lowest BCUT2D eigenvalue weighted by Gasteiger charge is -2.18. The first-order valence-corrected chi connectivity index (χ1v) is 7.24. The van der Waals surface area contributed by atoms with E-state index in [4.69, 9.17) is 4.74 Å². The molecule has 0 spiro atoms. The number of methoxy groups -OCH3 is 1. The van der Waals surface area contributed by atoms with Gasteiger partial charge in [-0.05, 0) is 30.2 Å². The van der Waals surface area contributed by atoms with Crippen molar-refractivity contribution in [3.8, 4) is 5.75 Å². The predicted octanol–water partition coefficient (Wildman–Crippen LogP) is 3.48. The number of benzene rings is 2. The minimum Gasteiger partial charge on any atom is -0.497 e. The number of nitrogens with zero attached hydrogens (tertiary/aromatic N) is 1. The summed E-state index contributed by atoms with van der Waals surface area (Å²) < 4.78 is 5.12. The molecule has 0 aromatic heterocycles. The second-order valence-corrected chi connectivity index (χ2v) is 5.01. The number of nitro benzene ring substituents is 1. The van der Waals surface area contributed by atoms with E-state index in [2.05, 4.69) is 5.32 Å². The number of nitrogens with one attached hydrogen (secondary N) is 1. The lowest BCUT2D eigenvalue weighted by atomic mass is 10.0. The Morgan fingerprint density at radius 3 is 2.52 bits per heavy atom. The van der Waals surface area contributed by atoms with Gasteiger partial charge in [0.15, 0.2) is 0 Å². The summed E-state index contributed by atoms with van der Waals surface area (Å²) in [5, 5.41) is 13.7. The van der Waals surface area contributed by atoms with Crippen LogP contribution in [0, 0.1) is 10.1 Å². The Morgan fingerprint density at radius 2 is 1.96 bits per heavy atom. The Labute approximate surface area is 134 Å². The summed E-state index contributed by atoms with van der Waals surface area (Å²) in [4.78, 5) is 22.6. The summed E-state index contributed by atoms with van der Waals surface area (Å²) in [6, 6.07) is 13.0. The molecule has 0 bridgehead atoms. The zero-order valence-electron chi connectivity index (χ0n) is 13.0. The van der Waals surface area contributed by atoms with Gasteiger partial charge in [0.25, 0.3) is 11.6 Å². The fourth-order valence-corrected chi connectivity index (χ4v) is 2.26. The van der Waals surface area contributed by atoms with E-state index in [1.165, 1.54) is 18.2 Å². The molecule has 0 heterocycles. The van der Waals surface area contributed by atoms with Crippen molar-refractivity contribution < 1.29 is 14.5 Å². The number of amides is 1. The van der Waals surface area contributed by atoms with Gasteiger partial charge >= 0.3 is 0 Å². The fraction of sp³-hybridized carbons (Fsp3) is 0.235. The highest BCUT2D eigenvalue weighted by Crippen LogP contribution is 2.21. The Balaban J connectivity index is 2.15. The molecule has 0 aliphatic heterocycles. The van der Waals surface area contributed by atoms with Crippen molar-refractivity contribution in [1.82, 2.24) is 5.32 Å². The second kappa shape index (κ2) is 7.40. The maximum atomic E-state index is 12.3. The zero-order valence-corrected chi connectivity index (χ0v) is 13.0. The van der Waals surface area contributed by atoms with E-state index in [0.717, 1.165) is 11.3 Å². The molecule has 0 radical (unpaired) electrons. The molecule has 0 aliphatic carbocycles. The van der Waals surface area contributed by atoms with Gasteiger partial charge in [0.05, 0.1) is 18.1 Å². The van der Waals surface area contributed by atoms with E-state index < -0.39 is 4.92 Å². The summed E-state index contributed by atoms with van der Waals surface area (Å²) >= 11 is 0. The highest BCUT2D eigenvalue weighted by atomic mass is 16.6. The van der Waals surface area contributed by atoms with E-state index in [1.807, 2.05) is 31.2 Å². The minimum absolute atomic E-state index is 0.102. The van der Waals surface area contributed by atoms with Crippen LogP contribution in [0.15, 0.2) is 48.5 Å². The second-order valence-electron chi connectivity index (χ2n) is 5.01. The minimum atomic E-state index is -0.516. The van der Waals surface area contributed by atoms with E-state index in [1.54, 1.807) is 13.2 Å². The summed E-state index contributed by atoms with van der Waals surface area (Å²) in [5.41, 5.74) is 1.12. The van der Waals surface area contributed by atoms with Crippen molar-refractivity contribution in [1.29, 1.82) is 0 Å². The molecule has 0 saturated carbocycles. The maximum Gasteiger partial charge on any atom is 0.270 e. The molecule has 0 saturated heterocycles. The lowest BCUT2D eigenvalue weighted by Crippen LogP contribution is -2.28. The highest BCUT2D eigenvalue weighted by molar-refractivity contribution is 5.95. The largest absolute Gasteiger partial charge is 0.497 e. The first kappa shape index (κ1) is 16.5. The van der Waals surface area contributed by atoms with Gasteiger partial charge in [-0.3, -0.25) is 14.9 Å². The van der Waals surface area contributed by atoms with E-state index >= 15 is 0 Å². The SMILES string of the molecule is CC[C@@H](NC(=O)c1cccc([N+](=O)[O-])c1)c1ccc(OC)cc1. The Bertz CT molecular complexity index is 698. The number of ether oxygens (including phenoxy) is 1. The Morgan fingerprint density at radius 1 is 1.26 bits per heavy atom. The van der Waals surface area contributed by atoms with Gasteiger partial charge in [-0.15, -0.1) is 0 Å². The Kier molecular flexibility index (Phi) is 5.30. The number of carbonyl (C=O) groups excluding carboxylic acids is 1. The Hall–Kier alpha value is -2.89. The molecule has 6 heteroatoms. The standard InChI is InChI=1S/C17H18N2O4/c1-3-16(12-7-9-15(23-2)10-8-12)18-17(20)13-5-4-6-14(11-13)19(21)22/h4-11,16H,3H2,1-2H3,(H,18,20)/t16-/m1/s1. The number of carbonyl (C=O) groups is 1. The molecule has 23 heavy (non-hydrogen) atoms. The third kappa shape index (κ3) is 4.06. The normalized spacial score (nSPS) is 11.6. The smallest absolute Gasteiger partial charge is 0.270 e. The molecular weight excluding hydrogens is 296 g/mol. The van der Waals surface area contributed by atoms with Crippen LogP contribution in [0.2, 0.25) is 0 Å². The molecule has 2 rings (SSSR count). The molecule has 1 amide bonds. The van der Waals surface area contributed by atoms with Gasteiger partial charge in [-0.25, -0.2) is 0 Å². The van der Waals surface area contributed by atoms with Gasteiger partial charge in [0.1, 0.15) is 5.75 Å². The van der Waals surface area contributed by atoms with Crippen LogP contribution in [0.1, 0.15) is 35.3 Å². The average Bonchev–Trinajstić information content (AvgIpc) is 2.59. The van der Waals surface area contributed by atoms with Gasteiger partial charge in [0.2, 0.25) is 0 Å². The molecule has 2 aromatic carbocycles. The van der Waals surface area contributed by atoms with Crippen LogP contribution in [0.5, 0.6) is 5.75 Å². The molecule has 0 aliphatic rings. The summed E-state index contributed by atoms with van der Waals surface area (Å²) in [5.74, 6) is 0.407. The molecule has 0 fully saturated rings. The van der Waals surface area contributed by atoms with Gasteiger partial charge in [-0.1, -0.05) is 25.1 Å².